The van der Waals surface area contributed by atoms with Crippen molar-refractivity contribution in [3.8, 4) is 0 Å². The van der Waals surface area contributed by atoms with Crippen molar-refractivity contribution in [2.75, 3.05) is 26.4 Å². The molecule has 1 aliphatic carbocycles. The minimum atomic E-state index is 0.243. The lowest BCUT2D eigenvalue weighted by Gasteiger charge is -2.46. The predicted octanol–water partition coefficient (Wildman–Crippen LogP) is 1.73. The van der Waals surface area contributed by atoms with Gasteiger partial charge in [0.2, 0.25) is 0 Å². The second kappa shape index (κ2) is 7.43. The molecule has 3 unspecified atom stereocenters. The number of ether oxygens (including phenoxy) is 3. The van der Waals surface area contributed by atoms with Gasteiger partial charge < -0.3 is 19.5 Å². The van der Waals surface area contributed by atoms with Crippen LogP contribution in [0.4, 0.5) is 0 Å². The maximum atomic E-state index is 6.17. The van der Waals surface area contributed by atoms with Gasteiger partial charge in [0, 0.05) is 25.9 Å². The second-order valence-electron chi connectivity index (χ2n) is 5.22. The molecule has 1 saturated carbocycles. The maximum absolute atomic E-state index is 6.17. The van der Waals surface area contributed by atoms with Crippen LogP contribution in [-0.4, -0.2) is 50.7 Å². The summed E-state index contributed by atoms with van der Waals surface area (Å²) in [5.74, 6) is 0. The van der Waals surface area contributed by atoms with Crippen molar-refractivity contribution in [1.82, 2.24) is 5.32 Å². The first-order chi connectivity index (χ1) is 8.85. The van der Waals surface area contributed by atoms with Gasteiger partial charge in [0.1, 0.15) is 0 Å². The zero-order chi connectivity index (χ0) is 12.8. The number of nitrogens with one attached hydrogen (secondary N) is 1. The minimum Gasteiger partial charge on any atom is -0.381 e. The zero-order valence-electron chi connectivity index (χ0n) is 11.7. The van der Waals surface area contributed by atoms with Crippen molar-refractivity contribution in [3.63, 3.8) is 0 Å². The molecule has 2 aliphatic rings. The molecule has 1 saturated heterocycles. The summed E-state index contributed by atoms with van der Waals surface area (Å²) in [4.78, 5) is 0. The SMILES string of the molecule is CCCOC1C(NCC)CC1OC1CCOCC1. The van der Waals surface area contributed by atoms with Crippen LogP contribution in [0.15, 0.2) is 0 Å². The molecular weight excluding hydrogens is 230 g/mol. The van der Waals surface area contributed by atoms with Gasteiger partial charge in [-0.15, -0.1) is 0 Å². The topological polar surface area (TPSA) is 39.7 Å². The van der Waals surface area contributed by atoms with Crippen molar-refractivity contribution in [1.29, 1.82) is 0 Å². The largest absolute Gasteiger partial charge is 0.381 e. The molecule has 0 bridgehead atoms. The summed E-state index contributed by atoms with van der Waals surface area (Å²) in [5.41, 5.74) is 0. The fraction of sp³-hybridized carbons (Fsp3) is 1.00. The lowest BCUT2D eigenvalue weighted by molar-refractivity contribution is -0.179. The molecule has 0 aromatic rings. The lowest BCUT2D eigenvalue weighted by Crippen LogP contribution is -2.61. The minimum absolute atomic E-state index is 0.243. The fourth-order valence-electron chi connectivity index (χ4n) is 2.71. The standard InChI is InChI=1S/C14H27NO3/c1-3-7-17-14-12(15-4-2)10-13(14)18-11-5-8-16-9-6-11/h11-15H,3-10H2,1-2H3. The van der Waals surface area contributed by atoms with E-state index in [1.165, 1.54) is 0 Å². The first-order valence-electron chi connectivity index (χ1n) is 7.43. The molecule has 2 fully saturated rings. The third kappa shape index (κ3) is 3.67. The average molecular weight is 257 g/mol. The summed E-state index contributed by atoms with van der Waals surface area (Å²) in [5, 5.41) is 3.48. The van der Waals surface area contributed by atoms with Crippen LogP contribution in [-0.2, 0) is 14.2 Å². The highest BCUT2D eigenvalue weighted by Crippen LogP contribution is 2.30. The van der Waals surface area contributed by atoms with Gasteiger partial charge in [0.25, 0.3) is 0 Å². The molecule has 4 heteroatoms. The molecule has 1 N–H and O–H groups in total. The normalized spacial score (nSPS) is 33.3. The number of rotatable bonds is 7. The molecule has 1 heterocycles. The molecule has 3 atom stereocenters. The Morgan fingerprint density at radius 3 is 2.67 bits per heavy atom. The van der Waals surface area contributed by atoms with Crippen LogP contribution in [0.2, 0.25) is 0 Å². The van der Waals surface area contributed by atoms with E-state index in [-0.39, 0.29) is 12.2 Å². The smallest absolute Gasteiger partial charge is 0.0990 e. The first kappa shape index (κ1) is 14.3. The van der Waals surface area contributed by atoms with Crippen molar-refractivity contribution in [2.45, 2.75) is 63.9 Å². The predicted molar refractivity (Wildman–Crippen MR) is 70.8 cm³/mol. The van der Waals surface area contributed by atoms with Gasteiger partial charge in [-0.1, -0.05) is 13.8 Å². The van der Waals surface area contributed by atoms with E-state index in [9.17, 15) is 0 Å². The van der Waals surface area contributed by atoms with E-state index in [4.69, 9.17) is 14.2 Å². The van der Waals surface area contributed by atoms with Crippen molar-refractivity contribution < 1.29 is 14.2 Å². The van der Waals surface area contributed by atoms with Gasteiger partial charge in [-0.3, -0.25) is 0 Å². The summed E-state index contributed by atoms with van der Waals surface area (Å²) in [6, 6.07) is 0.478. The Kier molecular flexibility index (Phi) is 5.89. The van der Waals surface area contributed by atoms with Crippen LogP contribution in [0.1, 0.15) is 39.5 Å². The molecule has 0 aromatic carbocycles. The Labute approximate surface area is 110 Å². The highest BCUT2D eigenvalue weighted by Gasteiger charge is 2.43. The van der Waals surface area contributed by atoms with Gasteiger partial charge in [-0.05, 0) is 32.2 Å². The fourth-order valence-corrected chi connectivity index (χ4v) is 2.71. The lowest BCUT2D eigenvalue weighted by atomic mass is 9.84. The first-order valence-corrected chi connectivity index (χ1v) is 7.43. The molecule has 0 radical (unpaired) electrons. The van der Waals surface area contributed by atoms with E-state index < -0.39 is 0 Å². The Hall–Kier alpha value is -0.160. The molecule has 0 spiro atoms. The van der Waals surface area contributed by atoms with E-state index in [1.807, 2.05) is 0 Å². The summed E-state index contributed by atoms with van der Waals surface area (Å²) in [6.45, 7) is 7.81. The van der Waals surface area contributed by atoms with E-state index in [0.29, 0.717) is 12.1 Å². The highest BCUT2D eigenvalue weighted by molar-refractivity contribution is 4.97. The Morgan fingerprint density at radius 1 is 1.22 bits per heavy atom. The summed E-state index contributed by atoms with van der Waals surface area (Å²) in [6.07, 6.45) is 5.11. The second-order valence-corrected chi connectivity index (χ2v) is 5.22. The molecule has 2 rings (SSSR count). The molecule has 0 amide bonds. The monoisotopic (exact) mass is 257 g/mol. The maximum Gasteiger partial charge on any atom is 0.0990 e. The summed E-state index contributed by atoms with van der Waals surface area (Å²) in [7, 11) is 0. The Morgan fingerprint density at radius 2 is 2.00 bits per heavy atom. The number of hydrogen-bond donors (Lipinski definition) is 1. The molecule has 18 heavy (non-hydrogen) atoms. The zero-order valence-corrected chi connectivity index (χ0v) is 11.7. The van der Waals surface area contributed by atoms with Gasteiger partial charge in [-0.2, -0.15) is 0 Å². The van der Waals surface area contributed by atoms with Crippen LogP contribution in [0.5, 0.6) is 0 Å². The average Bonchev–Trinajstić information content (AvgIpc) is 2.39. The van der Waals surface area contributed by atoms with Crippen LogP contribution in [0.25, 0.3) is 0 Å². The van der Waals surface area contributed by atoms with Gasteiger partial charge in [0.05, 0.1) is 18.3 Å². The van der Waals surface area contributed by atoms with Gasteiger partial charge in [0.15, 0.2) is 0 Å². The molecular formula is C14H27NO3. The van der Waals surface area contributed by atoms with Crippen molar-refractivity contribution in [2.24, 2.45) is 0 Å². The van der Waals surface area contributed by atoms with Gasteiger partial charge >= 0.3 is 0 Å². The van der Waals surface area contributed by atoms with Crippen LogP contribution >= 0.6 is 0 Å². The molecule has 106 valence electrons. The molecule has 0 aromatic heterocycles. The van der Waals surface area contributed by atoms with Gasteiger partial charge in [-0.25, -0.2) is 0 Å². The third-order valence-corrected chi connectivity index (χ3v) is 3.77. The van der Waals surface area contributed by atoms with E-state index in [2.05, 4.69) is 19.2 Å². The quantitative estimate of drug-likeness (QED) is 0.754. The van der Waals surface area contributed by atoms with Crippen molar-refractivity contribution >= 4 is 0 Å². The third-order valence-electron chi connectivity index (χ3n) is 3.77. The highest BCUT2D eigenvalue weighted by atomic mass is 16.6. The van der Waals surface area contributed by atoms with E-state index in [0.717, 1.165) is 52.0 Å². The summed E-state index contributed by atoms with van der Waals surface area (Å²) < 4.78 is 17.5. The Balaban J connectivity index is 1.76. The van der Waals surface area contributed by atoms with Crippen molar-refractivity contribution in [3.05, 3.63) is 0 Å². The molecule has 1 aliphatic heterocycles. The van der Waals surface area contributed by atoms with E-state index >= 15 is 0 Å². The number of hydrogen-bond acceptors (Lipinski definition) is 4. The summed E-state index contributed by atoms with van der Waals surface area (Å²) >= 11 is 0. The molecule has 4 nitrogen and oxygen atoms in total. The number of likely N-dealkylation sites (N-methyl/N-ethyl adjacent to an activating group) is 1. The van der Waals surface area contributed by atoms with E-state index in [1.54, 1.807) is 0 Å². The van der Waals surface area contributed by atoms with Crippen LogP contribution in [0, 0.1) is 0 Å². The Bertz CT molecular complexity index is 231. The van der Waals surface area contributed by atoms with Crippen LogP contribution in [0.3, 0.4) is 0 Å². The van der Waals surface area contributed by atoms with Crippen LogP contribution < -0.4 is 5.32 Å².